The zero-order valence-electron chi connectivity index (χ0n) is 14.5. The Bertz CT molecular complexity index is 990. The third kappa shape index (κ3) is 3.26. The first kappa shape index (κ1) is 16.8. The van der Waals surface area contributed by atoms with E-state index in [0.29, 0.717) is 34.8 Å². The molecule has 1 aromatic heterocycles. The predicted octanol–water partition coefficient (Wildman–Crippen LogP) is 3.60. The number of para-hydroxylation sites is 1. The molecule has 0 bridgehead atoms. The van der Waals surface area contributed by atoms with Crippen molar-refractivity contribution in [2.45, 2.75) is 13.5 Å². The Labute approximate surface area is 146 Å². The molecular weight excluding hydrogens is 316 g/mol. The third-order valence-electron chi connectivity index (χ3n) is 4.04. The van der Waals surface area contributed by atoms with Gasteiger partial charge in [-0.3, -0.25) is 9.36 Å². The van der Waals surface area contributed by atoms with Crippen LogP contribution in [0.1, 0.15) is 18.3 Å². The number of rotatable bonds is 5. The molecule has 0 amide bonds. The van der Waals surface area contributed by atoms with Crippen LogP contribution in [0.4, 0.5) is 0 Å². The minimum absolute atomic E-state index is 0.0277. The molecule has 0 N–H and O–H groups in total. The second-order valence-electron chi connectivity index (χ2n) is 5.48. The van der Waals surface area contributed by atoms with Crippen LogP contribution in [0.2, 0.25) is 0 Å². The van der Waals surface area contributed by atoms with Crippen LogP contribution in [0.5, 0.6) is 11.5 Å². The molecule has 0 atom stereocenters. The number of fused-ring (bicyclic) bond motifs is 1. The third-order valence-corrected chi connectivity index (χ3v) is 4.04. The van der Waals surface area contributed by atoms with Gasteiger partial charge in [0.1, 0.15) is 5.82 Å². The average Bonchev–Trinajstić information content (AvgIpc) is 2.66. The quantitative estimate of drug-likeness (QED) is 0.714. The molecule has 3 rings (SSSR count). The maximum atomic E-state index is 12.6. The summed E-state index contributed by atoms with van der Waals surface area (Å²) in [6.07, 6.45) is 3.75. The summed E-state index contributed by atoms with van der Waals surface area (Å²) in [6, 6.07) is 13.0. The highest BCUT2D eigenvalue weighted by molar-refractivity contribution is 5.79. The van der Waals surface area contributed by atoms with Gasteiger partial charge in [-0.2, -0.15) is 0 Å². The van der Waals surface area contributed by atoms with Crippen molar-refractivity contribution in [2.24, 2.45) is 0 Å². The van der Waals surface area contributed by atoms with Crippen molar-refractivity contribution < 1.29 is 9.47 Å². The summed E-state index contributed by atoms with van der Waals surface area (Å²) >= 11 is 0. The molecule has 0 unspecified atom stereocenters. The van der Waals surface area contributed by atoms with E-state index in [9.17, 15) is 4.79 Å². The Morgan fingerprint density at radius 1 is 1.04 bits per heavy atom. The largest absolute Gasteiger partial charge is 0.493 e. The van der Waals surface area contributed by atoms with Gasteiger partial charge in [0.25, 0.3) is 5.56 Å². The first-order valence-electron chi connectivity index (χ1n) is 8.07. The van der Waals surface area contributed by atoms with Crippen LogP contribution in [-0.2, 0) is 6.54 Å². The highest BCUT2D eigenvalue weighted by Crippen LogP contribution is 2.28. The molecule has 0 aliphatic carbocycles. The van der Waals surface area contributed by atoms with E-state index in [2.05, 4.69) is 4.98 Å². The lowest BCUT2D eigenvalue weighted by Gasteiger charge is -2.09. The Balaban J connectivity index is 2.05. The number of methoxy groups -OCH3 is 2. The fourth-order valence-corrected chi connectivity index (χ4v) is 2.75. The minimum Gasteiger partial charge on any atom is -0.493 e. The topological polar surface area (TPSA) is 53.4 Å². The maximum absolute atomic E-state index is 12.6. The summed E-state index contributed by atoms with van der Waals surface area (Å²) < 4.78 is 12.2. The van der Waals surface area contributed by atoms with Crippen LogP contribution in [-0.4, -0.2) is 23.8 Å². The summed E-state index contributed by atoms with van der Waals surface area (Å²) in [4.78, 5) is 17.2. The number of hydrogen-bond donors (Lipinski definition) is 0. The second kappa shape index (κ2) is 7.21. The number of nitrogens with zero attached hydrogens (tertiary/aromatic N) is 2. The zero-order chi connectivity index (χ0) is 17.8. The molecular formula is C20H20N2O3. The highest BCUT2D eigenvalue weighted by atomic mass is 16.5. The van der Waals surface area contributed by atoms with Gasteiger partial charge in [0.15, 0.2) is 11.5 Å². The van der Waals surface area contributed by atoms with Gasteiger partial charge in [0, 0.05) is 6.54 Å². The van der Waals surface area contributed by atoms with E-state index in [4.69, 9.17) is 9.47 Å². The highest BCUT2D eigenvalue weighted by Gasteiger charge is 2.08. The van der Waals surface area contributed by atoms with E-state index in [0.717, 1.165) is 5.56 Å². The Hall–Kier alpha value is -3.08. The van der Waals surface area contributed by atoms with Crippen molar-refractivity contribution in [2.75, 3.05) is 14.2 Å². The summed E-state index contributed by atoms with van der Waals surface area (Å²) in [5, 5.41) is 0.632. The second-order valence-corrected chi connectivity index (χ2v) is 5.48. The van der Waals surface area contributed by atoms with Crippen molar-refractivity contribution in [1.82, 2.24) is 9.55 Å². The summed E-state index contributed by atoms with van der Waals surface area (Å²) in [5.74, 6) is 1.96. The average molecular weight is 336 g/mol. The van der Waals surface area contributed by atoms with Crippen LogP contribution in [0.15, 0.2) is 47.3 Å². The molecule has 0 saturated heterocycles. The molecule has 5 nitrogen and oxygen atoms in total. The van der Waals surface area contributed by atoms with Gasteiger partial charge in [0.05, 0.1) is 25.1 Å². The fourth-order valence-electron chi connectivity index (χ4n) is 2.75. The summed E-state index contributed by atoms with van der Waals surface area (Å²) in [5.41, 5.74) is 1.60. The summed E-state index contributed by atoms with van der Waals surface area (Å²) in [7, 11) is 3.21. The monoisotopic (exact) mass is 336 g/mol. The van der Waals surface area contributed by atoms with E-state index in [1.165, 1.54) is 0 Å². The van der Waals surface area contributed by atoms with Crippen molar-refractivity contribution in [1.29, 1.82) is 0 Å². The van der Waals surface area contributed by atoms with Crippen molar-refractivity contribution in [3.8, 4) is 11.5 Å². The molecule has 0 fully saturated rings. The van der Waals surface area contributed by atoms with E-state index in [-0.39, 0.29) is 5.56 Å². The van der Waals surface area contributed by atoms with Gasteiger partial charge in [0.2, 0.25) is 0 Å². The fraction of sp³-hybridized carbons (Fsp3) is 0.200. The molecule has 1 heterocycles. The van der Waals surface area contributed by atoms with Gasteiger partial charge in [-0.05, 0) is 42.8 Å². The smallest absolute Gasteiger partial charge is 0.261 e. The molecule has 3 aromatic rings. The van der Waals surface area contributed by atoms with Gasteiger partial charge in [-0.15, -0.1) is 0 Å². The number of ether oxygens (including phenoxy) is 2. The molecule has 25 heavy (non-hydrogen) atoms. The van der Waals surface area contributed by atoms with Gasteiger partial charge in [-0.1, -0.05) is 24.3 Å². The molecule has 5 heteroatoms. The lowest BCUT2D eigenvalue weighted by molar-refractivity contribution is 0.355. The lowest BCUT2D eigenvalue weighted by atomic mass is 10.2. The first-order valence-corrected chi connectivity index (χ1v) is 8.07. The lowest BCUT2D eigenvalue weighted by Crippen LogP contribution is -2.22. The van der Waals surface area contributed by atoms with Crippen LogP contribution in [0, 0.1) is 0 Å². The Morgan fingerprint density at radius 2 is 1.80 bits per heavy atom. The molecule has 0 aliphatic rings. The normalized spacial score (nSPS) is 11.2. The van der Waals surface area contributed by atoms with Gasteiger partial charge >= 0.3 is 0 Å². The van der Waals surface area contributed by atoms with Gasteiger partial charge in [-0.25, -0.2) is 4.98 Å². The molecule has 0 saturated carbocycles. The number of hydrogen-bond acceptors (Lipinski definition) is 4. The molecule has 0 spiro atoms. The Morgan fingerprint density at radius 3 is 2.52 bits per heavy atom. The minimum atomic E-state index is -0.0277. The molecule has 0 aliphatic heterocycles. The van der Waals surface area contributed by atoms with Crippen LogP contribution in [0.3, 0.4) is 0 Å². The van der Waals surface area contributed by atoms with E-state index >= 15 is 0 Å². The molecule has 0 radical (unpaired) electrons. The van der Waals surface area contributed by atoms with Crippen molar-refractivity contribution in [3.63, 3.8) is 0 Å². The van der Waals surface area contributed by atoms with Crippen LogP contribution >= 0.6 is 0 Å². The first-order chi connectivity index (χ1) is 12.2. The van der Waals surface area contributed by atoms with Crippen molar-refractivity contribution in [3.05, 3.63) is 64.2 Å². The number of benzene rings is 2. The SMILES string of the molecule is CCn1c(C=Cc2ccc(OC)c(OC)c2)nc2ccccc2c1=O. The summed E-state index contributed by atoms with van der Waals surface area (Å²) in [6.45, 7) is 2.49. The maximum Gasteiger partial charge on any atom is 0.261 e. The molecule has 2 aromatic carbocycles. The van der Waals surface area contributed by atoms with Crippen molar-refractivity contribution >= 4 is 23.1 Å². The van der Waals surface area contributed by atoms with Crippen LogP contribution < -0.4 is 15.0 Å². The zero-order valence-corrected chi connectivity index (χ0v) is 14.5. The number of aromatic nitrogens is 2. The standard InChI is InChI=1S/C20H20N2O3/c1-4-22-19(21-16-8-6-5-7-15(16)20(22)23)12-10-14-9-11-17(24-2)18(13-14)25-3/h5-13H,4H2,1-3H3. The Kier molecular flexibility index (Phi) is 4.84. The predicted molar refractivity (Wildman–Crippen MR) is 100 cm³/mol. The van der Waals surface area contributed by atoms with Gasteiger partial charge < -0.3 is 9.47 Å². The van der Waals surface area contributed by atoms with E-state index in [1.54, 1.807) is 24.9 Å². The molecule has 128 valence electrons. The van der Waals surface area contributed by atoms with E-state index < -0.39 is 0 Å². The van der Waals surface area contributed by atoms with Crippen LogP contribution in [0.25, 0.3) is 23.1 Å². The van der Waals surface area contributed by atoms with E-state index in [1.807, 2.05) is 55.5 Å².